The fourth-order valence-corrected chi connectivity index (χ4v) is 2.11. The molecule has 1 amide bonds. The van der Waals surface area contributed by atoms with Crippen LogP contribution in [0.5, 0.6) is 0 Å². The van der Waals surface area contributed by atoms with Crippen molar-refractivity contribution < 1.29 is 9.53 Å². The topological polar surface area (TPSA) is 38.3 Å². The summed E-state index contributed by atoms with van der Waals surface area (Å²) in [6.45, 7) is 8.24. The molecule has 0 aliphatic rings. The van der Waals surface area contributed by atoms with Gasteiger partial charge in [0.25, 0.3) is 0 Å². The van der Waals surface area contributed by atoms with Gasteiger partial charge < -0.3 is 10.1 Å². The van der Waals surface area contributed by atoms with Crippen molar-refractivity contribution in [1.82, 2.24) is 5.32 Å². The molecule has 1 rings (SSSR count). The van der Waals surface area contributed by atoms with Crippen LogP contribution in [0.3, 0.4) is 0 Å². The van der Waals surface area contributed by atoms with Gasteiger partial charge in [-0.25, -0.2) is 4.79 Å². The predicted octanol–water partition coefficient (Wildman–Crippen LogP) is 4.44. The summed E-state index contributed by atoms with van der Waals surface area (Å²) >= 11 is 0. The van der Waals surface area contributed by atoms with Crippen molar-refractivity contribution in [3.8, 4) is 0 Å². The summed E-state index contributed by atoms with van der Waals surface area (Å²) in [6, 6.07) is 9.68. The first-order valence-electron chi connectivity index (χ1n) is 7.19. The maximum Gasteiger partial charge on any atom is 0.407 e. The highest BCUT2D eigenvalue weighted by molar-refractivity contribution is 5.68. The molecule has 0 aliphatic heterocycles. The Bertz CT molecular complexity index is 416. The zero-order valence-electron chi connectivity index (χ0n) is 12.5. The number of benzene rings is 1. The fourth-order valence-electron chi connectivity index (χ4n) is 2.11. The maximum atomic E-state index is 11.9. The SMILES string of the molecule is C=CC[C@@](C)(CCCC)NC(=O)OCc1ccccc1. The quantitative estimate of drug-likeness (QED) is 0.712. The van der Waals surface area contributed by atoms with Gasteiger partial charge in [0.15, 0.2) is 0 Å². The lowest BCUT2D eigenvalue weighted by Crippen LogP contribution is -2.45. The number of carbonyl (C=O) groups excluding carboxylic acids is 1. The first kappa shape index (κ1) is 16.3. The Hall–Kier alpha value is -1.77. The van der Waals surface area contributed by atoms with Crippen LogP contribution in [0.2, 0.25) is 0 Å². The normalized spacial score (nSPS) is 13.3. The lowest BCUT2D eigenvalue weighted by atomic mass is 9.91. The third-order valence-corrected chi connectivity index (χ3v) is 3.29. The molecular weight excluding hydrogens is 250 g/mol. The van der Waals surface area contributed by atoms with E-state index in [9.17, 15) is 4.79 Å². The second-order valence-electron chi connectivity index (χ2n) is 5.34. The monoisotopic (exact) mass is 275 g/mol. The van der Waals surface area contributed by atoms with E-state index in [1.807, 2.05) is 43.3 Å². The molecule has 0 bridgehead atoms. The summed E-state index contributed by atoms with van der Waals surface area (Å²) in [5.74, 6) is 0. The van der Waals surface area contributed by atoms with Crippen LogP contribution in [0.25, 0.3) is 0 Å². The van der Waals surface area contributed by atoms with E-state index < -0.39 is 0 Å². The van der Waals surface area contributed by atoms with E-state index >= 15 is 0 Å². The standard InChI is InChI=1S/C17H25NO2/c1-4-6-13-17(3,12-5-2)18-16(19)20-14-15-10-8-7-9-11-15/h5,7-11H,2,4,6,12-14H2,1,3H3,(H,18,19)/t17-/m0/s1. The lowest BCUT2D eigenvalue weighted by Gasteiger charge is -2.29. The van der Waals surface area contributed by atoms with Gasteiger partial charge in [0.1, 0.15) is 6.61 Å². The van der Waals surface area contributed by atoms with Gasteiger partial charge in [-0.3, -0.25) is 0 Å². The van der Waals surface area contributed by atoms with Crippen molar-refractivity contribution in [2.24, 2.45) is 0 Å². The van der Waals surface area contributed by atoms with Crippen LogP contribution in [0.4, 0.5) is 4.79 Å². The molecule has 20 heavy (non-hydrogen) atoms. The number of rotatable bonds is 8. The van der Waals surface area contributed by atoms with E-state index in [1.54, 1.807) is 0 Å². The fraction of sp³-hybridized carbons (Fsp3) is 0.471. The van der Waals surface area contributed by atoms with Crippen LogP contribution in [0.1, 0.15) is 45.1 Å². The Labute approximate surface area is 122 Å². The van der Waals surface area contributed by atoms with Crippen LogP contribution >= 0.6 is 0 Å². The van der Waals surface area contributed by atoms with Gasteiger partial charge in [0.2, 0.25) is 0 Å². The van der Waals surface area contributed by atoms with Gasteiger partial charge in [-0.15, -0.1) is 6.58 Å². The number of amides is 1. The van der Waals surface area contributed by atoms with Crippen molar-refractivity contribution in [3.63, 3.8) is 0 Å². The second kappa shape index (κ2) is 8.41. The van der Waals surface area contributed by atoms with Gasteiger partial charge >= 0.3 is 6.09 Å². The average Bonchev–Trinajstić information content (AvgIpc) is 2.44. The molecule has 0 saturated heterocycles. The maximum absolute atomic E-state index is 11.9. The van der Waals surface area contributed by atoms with Crippen molar-refractivity contribution in [2.45, 2.75) is 51.7 Å². The molecule has 3 nitrogen and oxygen atoms in total. The van der Waals surface area contributed by atoms with Crippen LogP contribution in [0, 0.1) is 0 Å². The Morgan fingerprint density at radius 3 is 2.70 bits per heavy atom. The minimum absolute atomic E-state index is 0.272. The Morgan fingerprint density at radius 2 is 2.10 bits per heavy atom. The van der Waals surface area contributed by atoms with Gasteiger partial charge in [-0.2, -0.15) is 0 Å². The van der Waals surface area contributed by atoms with Gasteiger partial charge in [-0.1, -0.05) is 56.2 Å². The molecule has 0 fully saturated rings. The van der Waals surface area contributed by atoms with E-state index in [0.717, 1.165) is 31.2 Å². The summed E-state index contributed by atoms with van der Waals surface area (Å²) in [5.41, 5.74) is 0.715. The highest BCUT2D eigenvalue weighted by Crippen LogP contribution is 2.19. The minimum Gasteiger partial charge on any atom is -0.445 e. The Balaban J connectivity index is 2.47. The van der Waals surface area contributed by atoms with E-state index in [1.165, 1.54) is 0 Å². The smallest absolute Gasteiger partial charge is 0.407 e. The average molecular weight is 275 g/mol. The van der Waals surface area contributed by atoms with E-state index in [2.05, 4.69) is 18.8 Å². The largest absolute Gasteiger partial charge is 0.445 e. The minimum atomic E-state index is -0.366. The summed E-state index contributed by atoms with van der Waals surface area (Å²) in [5, 5.41) is 2.97. The number of hydrogen-bond donors (Lipinski definition) is 1. The lowest BCUT2D eigenvalue weighted by molar-refractivity contribution is 0.126. The molecule has 0 radical (unpaired) electrons. The van der Waals surface area contributed by atoms with Crippen molar-refractivity contribution in [2.75, 3.05) is 0 Å². The Kier molecular flexibility index (Phi) is 6.85. The molecule has 110 valence electrons. The van der Waals surface area contributed by atoms with Gasteiger partial charge in [0.05, 0.1) is 0 Å². The predicted molar refractivity (Wildman–Crippen MR) is 82.5 cm³/mol. The third-order valence-electron chi connectivity index (χ3n) is 3.29. The van der Waals surface area contributed by atoms with Gasteiger partial charge in [-0.05, 0) is 25.3 Å². The summed E-state index contributed by atoms with van der Waals surface area (Å²) in [6.07, 6.45) is 5.32. The molecule has 3 heteroatoms. The summed E-state index contributed by atoms with van der Waals surface area (Å²) in [7, 11) is 0. The van der Waals surface area contributed by atoms with Crippen LogP contribution in [0.15, 0.2) is 43.0 Å². The first-order chi connectivity index (χ1) is 9.59. The van der Waals surface area contributed by atoms with Crippen LogP contribution < -0.4 is 5.32 Å². The molecular formula is C17H25NO2. The first-order valence-corrected chi connectivity index (χ1v) is 7.19. The van der Waals surface area contributed by atoms with Gasteiger partial charge in [0, 0.05) is 5.54 Å². The zero-order valence-corrected chi connectivity index (χ0v) is 12.5. The molecule has 1 aromatic carbocycles. The molecule has 0 unspecified atom stereocenters. The number of unbranched alkanes of at least 4 members (excludes halogenated alkanes) is 1. The van der Waals surface area contributed by atoms with Crippen molar-refractivity contribution in [1.29, 1.82) is 0 Å². The number of ether oxygens (including phenoxy) is 1. The molecule has 0 heterocycles. The number of hydrogen-bond acceptors (Lipinski definition) is 2. The van der Waals surface area contributed by atoms with Crippen LogP contribution in [-0.4, -0.2) is 11.6 Å². The second-order valence-corrected chi connectivity index (χ2v) is 5.34. The van der Waals surface area contributed by atoms with Crippen molar-refractivity contribution in [3.05, 3.63) is 48.6 Å². The number of carbonyl (C=O) groups is 1. The molecule has 0 saturated carbocycles. The third kappa shape index (κ3) is 5.91. The van der Waals surface area contributed by atoms with E-state index in [4.69, 9.17) is 4.74 Å². The molecule has 1 aromatic rings. The summed E-state index contributed by atoms with van der Waals surface area (Å²) < 4.78 is 5.27. The number of alkyl carbamates (subject to hydrolysis) is 1. The molecule has 0 aromatic heterocycles. The zero-order chi connectivity index (χ0) is 14.8. The molecule has 1 atom stereocenters. The molecule has 0 spiro atoms. The highest BCUT2D eigenvalue weighted by Gasteiger charge is 2.24. The molecule has 0 aliphatic carbocycles. The highest BCUT2D eigenvalue weighted by atomic mass is 16.5. The summed E-state index contributed by atoms with van der Waals surface area (Å²) in [4.78, 5) is 11.9. The van der Waals surface area contributed by atoms with E-state index in [-0.39, 0.29) is 11.6 Å². The van der Waals surface area contributed by atoms with E-state index in [0.29, 0.717) is 6.61 Å². The molecule has 1 N–H and O–H groups in total. The number of nitrogens with one attached hydrogen (secondary N) is 1. The van der Waals surface area contributed by atoms with Crippen LogP contribution in [-0.2, 0) is 11.3 Å². The Morgan fingerprint density at radius 1 is 1.40 bits per heavy atom. The van der Waals surface area contributed by atoms with Crippen molar-refractivity contribution >= 4 is 6.09 Å².